The molecule has 0 aliphatic carbocycles. The van der Waals surface area contributed by atoms with Crippen molar-refractivity contribution in [3.8, 4) is 18.1 Å². The van der Waals surface area contributed by atoms with E-state index in [9.17, 15) is 13.2 Å². The Morgan fingerprint density at radius 1 is 1.40 bits per heavy atom. The molecule has 1 rings (SSSR count). The molecule has 0 aromatic heterocycles. The molecule has 0 fully saturated rings. The second-order valence-electron chi connectivity index (χ2n) is 2.61. The van der Waals surface area contributed by atoms with E-state index in [1.54, 1.807) is 0 Å². The minimum Gasteiger partial charge on any atom is -0.479 e. The van der Waals surface area contributed by atoms with Crippen LogP contribution in [0.15, 0.2) is 18.2 Å². The maximum Gasteiger partial charge on any atom is 0.417 e. The summed E-state index contributed by atoms with van der Waals surface area (Å²) in [5.41, 5.74) is -0.932. The Labute approximate surface area is 89.8 Å². The minimum absolute atomic E-state index is 0.0653. The van der Waals surface area contributed by atoms with Gasteiger partial charge in [0.05, 0.1) is 10.6 Å². The first-order valence-electron chi connectivity index (χ1n) is 3.88. The summed E-state index contributed by atoms with van der Waals surface area (Å²) in [5, 5.41) is -0.472. The maximum atomic E-state index is 12.4. The third-order valence-corrected chi connectivity index (χ3v) is 1.97. The van der Waals surface area contributed by atoms with Gasteiger partial charge in [-0.15, -0.1) is 6.42 Å². The van der Waals surface area contributed by atoms with E-state index in [0.717, 1.165) is 6.07 Å². The third-order valence-electron chi connectivity index (χ3n) is 1.58. The molecule has 15 heavy (non-hydrogen) atoms. The number of hydrogen-bond acceptors (Lipinski definition) is 1. The van der Waals surface area contributed by atoms with Gasteiger partial charge in [-0.05, 0) is 12.1 Å². The normalized spacial score (nSPS) is 10.9. The molecule has 1 nitrogen and oxygen atoms in total. The van der Waals surface area contributed by atoms with Gasteiger partial charge in [-0.1, -0.05) is 23.6 Å². The van der Waals surface area contributed by atoms with Gasteiger partial charge < -0.3 is 4.74 Å². The van der Waals surface area contributed by atoms with Gasteiger partial charge in [0, 0.05) is 0 Å². The molecular formula is C10H6ClF3O. The van der Waals surface area contributed by atoms with E-state index in [1.165, 1.54) is 12.1 Å². The third kappa shape index (κ3) is 2.80. The average molecular weight is 235 g/mol. The minimum atomic E-state index is -4.49. The van der Waals surface area contributed by atoms with Crippen LogP contribution in [0.5, 0.6) is 5.75 Å². The summed E-state index contributed by atoms with van der Waals surface area (Å²) in [6.45, 7) is -0.124. The fourth-order valence-electron chi connectivity index (χ4n) is 0.961. The summed E-state index contributed by atoms with van der Waals surface area (Å²) in [4.78, 5) is 0. The molecule has 0 saturated heterocycles. The van der Waals surface area contributed by atoms with Crippen LogP contribution in [-0.4, -0.2) is 6.61 Å². The van der Waals surface area contributed by atoms with Crippen molar-refractivity contribution in [2.24, 2.45) is 0 Å². The Morgan fingerprint density at radius 3 is 2.60 bits per heavy atom. The summed E-state index contributed by atoms with van der Waals surface area (Å²) < 4.78 is 42.0. The molecule has 0 aliphatic rings. The molecule has 0 N–H and O–H groups in total. The van der Waals surface area contributed by atoms with E-state index in [-0.39, 0.29) is 12.4 Å². The van der Waals surface area contributed by atoms with Gasteiger partial charge in [0.2, 0.25) is 0 Å². The van der Waals surface area contributed by atoms with Crippen LogP contribution in [0.2, 0.25) is 5.02 Å². The van der Waals surface area contributed by atoms with Gasteiger partial charge in [0.15, 0.2) is 0 Å². The van der Waals surface area contributed by atoms with Crippen molar-refractivity contribution in [3.05, 3.63) is 28.8 Å². The van der Waals surface area contributed by atoms with Crippen LogP contribution in [0.3, 0.4) is 0 Å². The molecule has 0 saturated carbocycles. The summed E-state index contributed by atoms with van der Waals surface area (Å²) in [6, 6.07) is 3.42. The van der Waals surface area contributed by atoms with Crippen molar-refractivity contribution in [3.63, 3.8) is 0 Å². The highest BCUT2D eigenvalue weighted by atomic mass is 35.5. The first kappa shape index (κ1) is 11.7. The van der Waals surface area contributed by atoms with Crippen LogP contribution in [0.1, 0.15) is 5.56 Å². The fourth-order valence-corrected chi connectivity index (χ4v) is 1.25. The summed E-state index contributed by atoms with van der Waals surface area (Å²) >= 11 is 5.52. The molecule has 0 aliphatic heterocycles. The number of ether oxygens (including phenoxy) is 1. The lowest BCUT2D eigenvalue weighted by Crippen LogP contribution is -2.07. The highest BCUT2D eigenvalue weighted by Gasteiger charge is 2.34. The van der Waals surface area contributed by atoms with Crippen molar-refractivity contribution in [1.82, 2.24) is 0 Å². The molecule has 0 spiro atoms. The Bertz CT molecular complexity index is 393. The van der Waals surface area contributed by atoms with Gasteiger partial charge in [-0.25, -0.2) is 0 Å². The predicted octanol–water partition coefficient (Wildman–Crippen LogP) is 3.37. The largest absolute Gasteiger partial charge is 0.479 e. The van der Waals surface area contributed by atoms with Crippen molar-refractivity contribution >= 4 is 11.6 Å². The van der Waals surface area contributed by atoms with Crippen LogP contribution >= 0.6 is 11.6 Å². The summed E-state index contributed by atoms with van der Waals surface area (Å²) in [6.07, 6.45) is 0.417. The van der Waals surface area contributed by atoms with Gasteiger partial charge in [0.1, 0.15) is 12.4 Å². The van der Waals surface area contributed by atoms with Crippen LogP contribution in [-0.2, 0) is 6.18 Å². The molecule has 1 aromatic rings. The average Bonchev–Trinajstić information content (AvgIpc) is 2.14. The monoisotopic (exact) mass is 234 g/mol. The van der Waals surface area contributed by atoms with Gasteiger partial charge in [0.25, 0.3) is 0 Å². The van der Waals surface area contributed by atoms with E-state index >= 15 is 0 Å². The van der Waals surface area contributed by atoms with Crippen LogP contribution in [0.25, 0.3) is 0 Å². The highest BCUT2D eigenvalue weighted by Crippen LogP contribution is 2.38. The Balaban J connectivity index is 3.07. The molecule has 0 amide bonds. The van der Waals surface area contributed by atoms with E-state index in [0.29, 0.717) is 0 Å². The molecule has 0 bridgehead atoms. The number of hydrogen-bond donors (Lipinski definition) is 0. The molecule has 0 heterocycles. The lowest BCUT2D eigenvalue weighted by Gasteiger charge is -2.11. The van der Waals surface area contributed by atoms with Gasteiger partial charge >= 0.3 is 6.18 Å². The van der Waals surface area contributed by atoms with Crippen molar-refractivity contribution in [2.45, 2.75) is 6.18 Å². The van der Waals surface area contributed by atoms with E-state index in [4.69, 9.17) is 22.8 Å². The van der Waals surface area contributed by atoms with E-state index in [1.807, 2.05) is 0 Å². The Kier molecular flexibility index (Phi) is 3.48. The van der Waals surface area contributed by atoms with Crippen LogP contribution in [0.4, 0.5) is 13.2 Å². The number of terminal acetylenes is 1. The van der Waals surface area contributed by atoms with Crippen LogP contribution in [0, 0.1) is 12.3 Å². The molecule has 0 unspecified atom stereocenters. The van der Waals surface area contributed by atoms with Crippen molar-refractivity contribution in [2.75, 3.05) is 6.61 Å². The fraction of sp³-hybridized carbons (Fsp3) is 0.200. The van der Waals surface area contributed by atoms with Crippen molar-refractivity contribution < 1.29 is 17.9 Å². The van der Waals surface area contributed by atoms with Gasteiger partial charge in [-0.3, -0.25) is 0 Å². The Morgan fingerprint density at radius 2 is 2.07 bits per heavy atom. The van der Waals surface area contributed by atoms with Crippen molar-refractivity contribution in [1.29, 1.82) is 0 Å². The zero-order valence-electron chi connectivity index (χ0n) is 7.44. The maximum absolute atomic E-state index is 12.4. The topological polar surface area (TPSA) is 9.23 Å². The first-order valence-corrected chi connectivity index (χ1v) is 4.26. The van der Waals surface area contributed by atoms with Crippen LogP contribution < -0.4 is 4.74 Å². The SMILES string of the molecule is C#CCOc1cccc(C(F)(F)F)c1Cl. The standard InChI is InChI=1S/C10H6ClF3O/c1-2-6-15-8-5-3-4-7(9(8)11)10(12,13)14/h1,3-5H,6H2. The highest BCUT2D eigenvalue weighted by molar-refractivity contribution is 6.32. The smallest absolute Gasteiger partial charge is 0.417 e. The first-order chi connectivity index (χ1) is 6.96. The summed E-state index contributed by atoms with van der Waals surface area (Å²) in [7, 11) is 0. The molecule has 80 valence electrons. The Hall–Kier alpha value is -1.34. The quantitative estimate of drug-likeness (QED) is 0.713. The second-order valence-corrected chi connectivity index (χ2v) is 2.99. The molecular weight excluding hydrogens is 229 g/mol. The molecule has 0 atom stereocenters. The second kappa shape index (κ2) is 4.45. The zero-order valence-corrected chi connectivity index (χ0v) is 8.19. The number of alkyl halides is 3. The number of rotatable bonds is 2. The predicted molar refractivity (Wildman–Crippen MR) is 50.8 cm³/mol. The zero-order chi connectivity index (χ0) is 11.5. The van der Waals surface area contributed by atoms with E-state index in [2.05, 4.69) is 5.92 Å². The lowest BCUT2D eigenvalue weighted by molar-refractivity contribution is -0.137. The molecule has 5 heteroatoms. The lowest BCUT2D eigenvalue weighted by atomic mass is 10.2. The van der Waals surface area contributed by atoms with Gasteiger partial charge in [-0.2, -0.15) is 13.2 Å². The number of benzene rings is 1. The summed E-state index contributed by atoms with van der Waals surface area (Å²) in [5.74, 6) is 2.07. The van der Waals surface area contributed by atoms with E-state index < -0.39 is 16.8 Å². The molecule has 0 radical (unpaired) electrons. The molecule has 1 aromatic carbocycles. The number of halogens is 4.